The van der Waals surface area contributed by atoms with Crippen molar-refractivity contribution in [2.24, 2.45) is 0 Å². The molecule has 106 valence electrons. The lowest BCUT2D eigenvalue weighted by Crippen LogP contribution is -2.53. The van der Waals surface area contributed by atoms with Crippen LogP contribution in [0.25, 0.3) is 0 Å². The highest BCUT2D eigenvalue weighted by molar-refractivity contribution is 4.80. The summed E-state index contributed by atoms with van der Waals surface area (Å²) in [5, 5.41) is 13.5. The smallest absolute Gasteiger partial charge is 0.0793 e. The van der Waals surface area contributed by atoms with Crippen molar-refractivity contribution in [1.82, 2.24) is 20.0 Å². The molecule has 0 aromatic rings. The Bertz CT molecular complexity index is 245. The Labute approximate surface area is 111 Å². The average Bonchev–Trinajstić information content (AvgIpc) is 2.35. The van der Waals surface area contributed by atoms with Gasteiger partial charge in [-0.15, -0.1) is 0 Å². The van der Waals surface area contributed by atoms with Crippen LogP contribution in [0.5, 0.6) is 0 Å². The zero-order valence-corrected chi connectivity index (χ0v) is 11.8. The second kappa shape index (κ2) is 6.82. The first-order valence-corrected chi connectivity index (χ1v) is 7.19. The normalized spacial score (nSPS) is 30.5. The predicted molar refractivity (Wildman–Crippen MR) is 73.8 cm³/mol. The minimum Gasteiger partial charge on any atom is -0.390 e. The van der Waals surface area contributed by atoms with Gasteiger partial charge in [0, 0.05) is 64.9 Å². The van der Waals surface area contributed by atoms with Gasteiger partial charge in [0.25, 0.3) is 0 Å². The van der Waals surface area contributed by atoms with Crippen LogP contribution in [-0.4, -0.2) is 97.9 Å². The van der Waals surface area contributed by atoms with Crippen molar-refractivity contribution in [1.29, 1.82) is 0 Å². The summed E-state index contributed by atoms with van der Waals surface area (Å²) in [4.78, 5) is 7.15. The summed E-state index contributed by atoms with van der Waals surface area (Å²) < 4.78 is 0. The van der Waals surface area contributed by atoms with E-state index in [1.54, 1.807) is 0 Å². The summed E-state index contributed by atoms with van der Waals surface area (Å²) in [7, 11) is 2.18. The van der Waals surface area contributed by atoms with Crippen molar-refractivity contribution in [3.05, 3.63) is 0 Å². The zero-order valence-electron chi connectivity index (χ0n) is 11.8. The number of hydrogen-bond acceptors (Lipinski definition) is 5. The second-order valence-corrected chi connectivity index (χ2v) is 5.79. The molecule has 0 saturated carbocycles. The molecule has 2 heterocycles. The van der Waals surface area contributed by atoms with Crippen LogP contribution in [0.15, 0.2) is 0 Å². The Morgan fingerprint density at radius 2 is 1.78 bits per heavy atom. The van der Waals surface area contributed by atoms with E-state index < -0.39 is 0 Å². The number of aliphatic hydroxyl groups excluding tert-OH is 1. The Morgan fingerprint density at radius 3 is 2.44 bits per heavy atom. The maximum absolute atomic E-state index is 10.2. The van der Waals surface area contributed by atoms with Gasteiger partial charge in [0.2, 0.25) is 0 Å². The third kappa shape index (κ3) is 4.17. The molecule has 5 nitrogen and oxygen atoms in total. The molecule has 0 aromatic carbocycles. The number of piperazine rings is 2. The van der Waals surface area contributed by atoms with E-state index in [4.69, 9.17) is 0 Å². The SMILES string of the molecule is CC1CN(CC(O)CN2CCNCC2)CCN1C. The van der Waals surface area contributed by atoms with E-state index in [9.17, 15) is 5.11 Å². The maximum atomic E-state index is 10.2. The molecule has 2 unspecified atom stereocenters. The van der Waals surface area contributed by atoms with Gasteiger partial charge in [0.15, 0.2) is 0 Å². The minimum atomic E-state index is -0.210. The number of nitrogens with zero attached hydrogens (tertiary/aromatic N) is 3. The van der Waals surface area contributed by atoms with Gasteiger partial charge in [-0.25, -0.2) is 0 Å². The first-order chi connectivity index (χ1) is 8.65. The largest absolute Gasteiger partial charge is 0.390 e. The molecule has 2 aliphatic rings. The molecule has 0 aliphatic carbocycles. The lowest BCUT2D eigenvalue weighted by molar-refractivity contribution is 0.0375. The van der Waals surface area contributed by atoms with E-state index >= 15 is 0 Å². The van der Waals surface area contributed by atoms with Crippen LogP contribution in [-0.2, 0) is 0 Å². The van der Waals surface area contributed by atoms with Gasteiger partial charge in [-0.2, -0.15) is 0 Å². The van der Waals surface area contributed by atoms with Gasteiger partial charge in [0.05, 0.1) is 6.10 Å². The number of likely N-dealkylation sites (N-methyl/N-ethyl adjacent to an activating group) is 1. The van der Waals surface area contributed by atoms with Gasteiger partial charge in [-0.3, -0.25) is 9.80 Å². The standard InChI is InChI=1S/C13H28N4O/c1-12-9-17(8-7-15(12)2)11-13(18)10-16-5-3-14-4-6-16/h12-14,18H,3-11H2,1-2H3. The summed E-state index contributed by atoms with van der Waals surface area (Å²) in [6.07, 6.45) is -0.210. The van der Waals surface area contributed by atoms with E-state index in [-0.39, 0.29) is 6.10 Å². The van der Waals surface area contributed by atoms with Crippen molar-refractivity contribution < 1.29 is 5.11 Å². The molecule has 18 heavy (non-hydrogen) atoms. The number of hydrogen-bond donors (Lipinski definition) is 2. The third-order valence-corrected chi connectivity index (χ3v) is 4.19. The van der Waals surface area contributed by atoms with Crippen molar-refractivity contribution in [2.75, 3.05) is 66.0 Å². The fourth-order valence-corrected chi connectivity index (χ4v) is 2.84. The van der Waals surface area contributed by atoms with E-state index in [1.807, 2.05) is 0 Å². The molecule has 2 saturated heterocycles. The second-order valence-electron chi connectivity index (χ2n) is 5.79. The molecule has 2 fully saturated rings. The average molecular weight is 256 g/mol. The van der Waals surface area contributed by atoms with Crippen LogP contribution in [0.1, 0.15) is 6.92 Å². The van der Waals surface area contributed by atoms with E-state index in [2.05, 4.69) is 34.0 Å². The van der Waals surface area contributed by atoms with Gasteiger partial charge >= 0.3 is 0 Å². The molecule has 2 atom stereocenters. The molecule has 0 amide bonds. The van der Waals surface area contributed by atoms with E-state index in [0.29, 0.717) is 6.04 Å². The topological polar surface area (TPSA) is 42.0 Å². The van der Waals surface area contributed by atoms with Crippen LogP contribution in [0.3, 0.4) is 0 Å². The van der Waals surface area contributed by atoms with Crippen LogP contribution in [0, 0.1) is 0 Å². The first-order valence-electron chi connectivity index (χ1n) is 7.19. The fraction of sp³-hybridized carbons (Fsp3) is 1.00. The van der Waals surface area contributed by atoms with Gasteiger partial charge in [0.1, 0.15) is 0 Å². The van der Waals surface area contributed by atoms with Crippen molar-refractivity contribution in [3.8, 4) is 0 Å². The Balaban J connectivity index is 1.68. The predicted octanol–water partition coefficient (Wildman–Crippen LogP) is -1.11. The zero-order chi connectivity index (χ0) is 13.0. The van der Waals surface area contributed by atoms with E-state index in [1.165, 1.54) is 0 Å². The monoisotopic (exact) mass is 256 g/mol. The summed E-state index contributed by atoms with van der Waals surface area (Å²) in [5.74, 6) is 0. The fourth-order valence-electron chi connectivity index (χ4n) is 2.84. The van der Waals surface area contributed by atoms with Crippen LogP contribution in [0.4, 0.5) is 0 Å². The highest BCUT2D eigenvalue weighted by atomic mass is 16.3. The summed E-state index contributed by atoms with van der Waals surface area (Å²) >= 11 is 0. The minimum absolute atomic E-state index is 0.210. The quantitative estimate of drug-likeness (QED) is 0.668. The van der Waals surface area contributed by atoms with Gasteiger partial charge in [-0.05, 0) is 14.0 Å². The summed E-state index contributed by atoms with van der Waals surface area (Å²) in [6, 6.07) is 0.602. The lowest BCUT2D eigenvalue weighted by Gasteiger charge is -2.39. The molecule has 0 radical (unpaired) electrons. The Morgan fingerprint density at radius 1 is 1.11 bits per heavy atom. The molecule has 0 aromatic heterocycles. The molecule has 0 spiro atoms. The van der Waals surface area contributed by atoms with Crippen molar-refractivity contribution >= 4 is 0 Å². The first kappa shape index (κ1) is 14.2. The van der Waals surface area contributed by atoms with E-state index in [0.717, 1.165) is 58.9 Å². The molecular weight excluding hydrogens is 228 g/mol. The number of β-amino-alcohol motifs (C(OH)–C–C–N with tert-alkyl or cyclic N) is 1. The van der Waals surface area contributed by atoms with Crippen LogP contribution < -0.4 is 5.32 Å². The molecular formula is C13H28N4O. The van der Waals surface area contributed by atoms with Gasteiger partial charge in [-0.1, -0.05) is 0 Å². The summed E-state index contributed by atoms with van der Waals surface area (Å²) in [5.41, 5.74) is 0. The Kier molecular flexibility index (Phi) is 5.38. The molecule has 0 bridgehead atoms. The number of nitrogens with one attached hydrogen (secondary N) is 1. The number of aliphatic hydroxyl groups is 1. The number of rotatable bonds is 4. The van der Waals surface area contributed by atoms with Crippen molar-refractivity contribution in [3.63, 3.8) is 0 Å². The Hall–Kier alpha value is -0.200. The highest BCUT2D eigenvalue weighted by Gasteiger charge is 2.23. The molecule has 2 rings (SSSR count). The van der Waals surface area contributed by atoms with Gasteiger partial charge < -0.3 is 15.3 Å². The van der Waals surface area contributed by atoms with Crippen LogP contribution >= 0.6 is 0 Å². The molecule has 5 heteroatoms. The lowest BCUT2D eigenvalue weighted by atomic mass is 10.2. The maximum Gasteiger partial charge on any atom is 0.0793 e. The third-order valence-electron chi connectivity index (χ3n) is 4.19. The highest BCUT2D eigenvalue weighted by Crippen LogP contribution is 2.08. The van der Waals surface area contributed by atoms with Crippen molar-refractivity contribution in [2.45, 2.75) is 19.1 Å². The molecule has 2 N–H and O–H groups in total. The summed E-state index contributed by atoms with van der Waals surface area (Å²) in [6.45, 7) is 11.4. The molecule has 2 aliphatic heterocycles. The van der Waals surface area contributed by atoms with Crippen LogP contribution in [0.2, 0.25) is 0 Å².